The van der Waals surface area contributed by atoms with Crippen molar-refractivity contribution in [2.75, 3.05) is 26.7 Å². The summed E-state index contributed by atoms with van der Waals surface area (Å²) in [7, 11) is 1.64. The fraction of sp³-hybridized carbons (Fsp3) is 0.846. The minimum Gasteiger partial charge on any atom is -0.357 e. The van der Waals surface area contributed by atoms with Gasteiger partial charge in [0.2, 0.25) is 11.8 Å². The summed E-state index contributed by atoms with van der Waals surface area (Å²) in [4.78, 5) is 26.3. The smallest absolute Gasteiger partial charge is 0.242 e. The highest BCUT2D eigenvalue weighted by molar-refractivity contribution is 5.90. The quantitative estimate of drug-likeness (QED) is 0.734. The first kappa shape index (κ1) is 13.3. The maximum absolute atomic E-state index is 12.7. The van der Waals surface area contributed by atoms with Crippen LogP contribution in [-0.4, -0.2) is 49.4 Å². The molecule has 2 heterocycles. The molecule has 0 bridgehead atoms. The molecule has 0 aromatic carbocycles. The maximum Gasteiger partial charge on any atom is 0.242 e. The minimum absolute atomic E-state index is 0.0300. The summed E-state index contributed by atoms with van der Waals surface area (Å²) in [6.07, 6.45) is 3.68. The lowest BCUT2D eigenvalue weighted by Gasteiger charge is -2.39. The highest BCUT2D eigenvalue weighted by Gasteiger charge is 2.43. The lowest BCUT2D eigenvalue weighted by Crippen LogP contribution is -2.55. The zero-order valence-electron chi connectivity index (χ0n) is 11.3. The molecule has 0 aromatic heterocycles. The summed E-state index contributed by atoms with van der Waals surface area (Å²) in [6.45, 7) is 4.33. The number of hydrogen-bond acceptors (Lipinski definition) is 3. The van der Waals surface area contributed by atoms with Crippen LogP contribution in [0.3, 0.4) is 0 Å². The Morgan fingerprint density at radius 1 is 1.39 bits per heavy atom. The summed E-state index contributed by atoms with van der Waals surface area (Å²) in [5.41, 5.74) is -0.330. The molecule has 2 fully saturated rings. The molecule has 2 unspecified atom stereocenters. The SMILES string of the molecule is CNC(=O)C1CCCCN1C(=O)C1(C)CCNC1. The van der Waals surface area contributed by atoms with E-state index in [2.05, 4.69) is 10.6 Å². The van der Waals surface area contributed by atoms with Gasteiger partial charge < -0.3 is 15.5 Å². The number of carbonyl (C=O) groups is 2. The second-order valence-electron chi connectivity index (χ2n) is 5.61. The largest absolute Gasteiger partial charge is 0.357 e. The molecular weight excluding hydrogens is 230 g/mol. The Bertz CT molecular complexity index is 337. The Kier molecular flexibility index (Phi) is 3.90. The molecule has 2 aliphatic rings. The third kappa shape index (κ3) is 2.36. The van der Waals surface area contributed by atoms with Gasteiger partial charge in [0.15, 0.2) is 0 Å². The van der Waals surface area contributed by atoms with E-state index in [4.69, 9.17) is 0 Å². The summed E-state index contributed by atoms with van der Waals surface area (Å²) in [5, 5.41) is 5.92. The first-order valence-electron chi connectivity index (χ1n) is 6.82. The van der Waals surface area contributed by atoms with Crippen LogP contribution < -0.4 is 10.6 Å². The molecule has 5 heteroatoms. The monoisotopic (exact) mass is 253 g/mol. The van der Waals surface area contributed by atoms with Gasteiger partial charge in [0.1, 0.15) is 6.04 Å². The minimum atomic E-state index is -0.330. The van der Waals surface area contributed by atoms with Crippen molar-refractivity contribution in [3.63, 3.8) is 0 Å². The van der Waals surface area contributed by atoms with Gasteiger partial charge in [0.25, 0.3) is 0 Å². The Balaban J connectivity index is 2.13. The van der Waals surface area contributed by atoms with E-state index in [1.54, 1.807) is 11.9 Å². The Hall–Kier alpha value is -1.10. The summed E-state index contributed by atoms with van der Waals surface area (Å²) in [5.74, 6) is 0.110. The second kappa shape index (κ2) is 5.26. The number of hydrogen-bond donors (Lipinski definition) is 2. The molecule has 2 rings (SSSR count). The van der Waals surface area contributed by atoms with Gasteiger partial charge in [-0.3, -0.25) is 9.59 Å². The van der Waals surface area contributed by atoms with E-state index < -0.39 is 0 Å². The van der Waals surface area contributed by atoms with Gasteiger partial charge in [-0.25, -0.2) is 0 Å². The molecule has 102 valence electrons. The summed E-state index contributed by atoms with van der Waals surface area (Å²) in [6, 6.07) is -0.270. The molecular formula is C13H23N3O2. The van der Waals surface area contributed by atoms with Crippen LogP contribution in [0.15, 0.2) is 0 Å². The van der Waals surface area contributed by atoms with Crippen molar-refractivity contribution in [3.05, 3.63) is 0 Å². The number of carbonyl (C=O) groups excluding carboxylic acids is 2. The van der Waals surface area contributed by atoms with E-state index in [1.807, 2.05) is 6.92 Å². The van der Waals surface area contributed by atoms with E-state index in [1.165, 1.54) is 0 Å². The number of likely N-dealkylation sites (N-methyl/N-ethyl adjacent to an activating group) is 1. The third-order valence-electron chi connectivity index (χ3n) is 4.20. The van der Waals surface area contributed by atoms with E-state index >= 15 is 0 Å². The van der Waals surface area contributed by atoms with Crippen LogP contribution in [0.1, 0.15) is 32.6 Å². The molecule has 2 saturated heterocycles. The molecule has 0 aliphatic carbocycles. The van der Waals surface area contributed by atoms with Crippen molar-refractivity contribution >= 4 is 11.8 Å². The van der Waals surface area contributed by atoms with Crippen molar-refractivity contribution in [1.29, 1.82) is 0 Å². The first-order chi connectivity index (χ1) is 8.58. The number of nitrogens with zero attached hydrogens (tertiary/aromatic N) is 1. The number of amides is 2. The van der Waals surface area contributed by atoms with Crippen LogP contribution in [0, 0.1) is 5.41 Å². The molecule has 0 spiro atoms. The van der Waals surface area contributed by atoms with E-state index in [0.717, 1.165) is 38.8 Å². The topological polar surface area (TPSA) is 61.4 Å². The van der Waals surface area contributed by atoms with Crippen LogP contribution in [0.4, 0.5) is 0 Å². The number of likely N-dealkylation sites (tertiary alicyclic amines) is 1. The van der Waals surface area contributed by atoms with Crippen molar-refractivity contribution in [2.24, 2.45) is 5.41 Å². The van der Waals surface area contributed by atoms with Crippen LogP contribution in [0.25, 0.3) is 0 Å². The predicted octanol–water partition coefficient (Wildman–Crippen LogP) is 0.113. The molecule has 0 radical (unpaired) electrons. The van der Waals surface area contributed by atoms with Crippen molar-refractivity contribution in [3.8, 4) is 0 Å². The lowest BCUT2D eigenvalue weighted by molar-refractivity contribution is -0.149. The predicted molar refractivity (Wildman–Crippen MR) is 69.0 cm³/mol. The highest BCUT2D eigenvalue weighted by Crippen LogP contribution is 2.30. The highest BCUT2D eigenvalue weighted by atomic mass is 16.2. The fourth-order valence-electron chi connectivity index (χ4n) is 2.96. The van der Waals surface area contributed by atoms with Crippen LogP contribution >= 0.6 is 0 Å². The maximum atomic E-state index is 12.7. The summed E-state index contributed by atoms with van der Waals surface area (Å²) < 4.78 is 0. The average Bonchev–Trinajstić information content (AvgIpc) is 2.85. The number of rotatable bonds is 2. The molecule has 2 N–H and O–H groups in total. The van der Waals surface area contributed by atoms with Gasteiger partial charge in [0, 0.05) is 20.1 Å². The zero-order chi connectivity index (χ0) is 13.2. The molecule has 2 atom stereocenters. The normalized spacial score (nSPS) is 32.3. The Morgan fingerprint density at radius 2 is 2.17 bits per heavy atom. The fourth-order valence-corrected chi connectivity index (χ4v) is 2.96. The van der Waals surface area contributed by atoms with E-state index in [9.17, 15) is 9.59 Å². The van der Waals surface area contributed by atoms with Crippen molar-refractivity contribution < 1.29 is 9.59 Å². The number of nitrogens with one attached hydrogen (secondary N) is 2. The standard InChI is InChI=1S/C13H23N3O2/c1-13(6-7-15-9-13)12(18)16-8-4-3-5-10(16)11(17)14-2/h10,15H,3-9H2,1-2H3,(H,14,17). The third-order valence-corrected chi connectivity index (χ3v) is 4.20. The summed E-state index contributed by atoms with van der Waals surface area (Å²) >= 11 is 0. The molecule has 2 amide bonds. The van der Waals surface area contributed by atoms with Crippen LogP contribution in [0.5, 0.6) is 0 Å². The van der Waals surface area contributed by atoms with Crippen molar-refractivity contribution in [2.45, 2.75) is 38.6 Å². The van der Waals surface area contributed by atoms with Crippen LogP contribution in [-0.2, 0) is 9.59 Å². The van der Waals surface area contributed by atoms with Gasteiger partial charge in [-0.1, -0.05) is 0 Å². The van der Waals surface area contributed by atoms with Crippen molar-refractivity contribution in [1.82, 2.24) is 15.5 Å². The molecule has 0 aromatic rings. The average molecular weight is 253 g/mol. The Labute approximate surface area is 108 Å². The second-order valence-corrected chi connectivity index (χ2v) is 5.61. The lowest BCUT2D eigenvalue weighted by atomic mass is 9.86. The number of piperidine rings is 1. The molecule has 2 aliphatic heterocycles. The van der Waals surface area contributed by atoms with Gasteiger partial charge >= 0.3 is 0 Å². The molecule has 0 saturated carbocycles. The van der Waals surface area contributed by atoms with Crippen LogP contribution in [0.2, 0.25) is 0 Å². The van der Waals surface area contributed by atoms with E-state index in [0.29, 0.717) is 6.54 Å². The van der Waals surface area contributed by atoms with Gasteiger partial charge in [0.05, 0.1) is 5.41 Å². The van der Waals surface area contributed by atoms with Gasteiger partial charge in [-0.05, 0) is 39.2 Å². The zero-order valence-corrected chi connectivity index (χ0v) is 11.3. The molecule has 5 nitrogen and oxygen atoms in total. The van der Waals surface area contributed by atoms with E-state index in [-0.39, 0.29) is 23.3 Å². The van der Waals surface area contributed by atoms with Gasteiger partial charge in [-0.2, -0.15) is 0 Å². The van der Waals surface area contributed by atoms with Gasteiger partial charge in [-0.15, -0.1) is 0 Å². The Morgan fingerprint density at radius 3 is 2.78 bits per heavy atom. The first-order valence-corrected chi connectivity index (χ1v) is 6.82. The molecule has 18 heavy (non-hydrogen) atoms.